The Morgan fingerprint density at radius 3 is 2.52 bits per heavy atom. The van der Waals surface area contributed by atoms with Crippen LogP contribution in [-0.4, -0.2) is 50.8 Å². The molecule has 1 fully saturated rings. The molecule has 1 aromatic rings. The molecule has 2 rings (SSSR count). The van der Waals surface area contributed by atoms with Crippen molar-refractivity contribution in [3.8, 4) is 0 Å². The number of aliphatic imine (C=N–C) groups is 1. The smallest absolute Gasteiger partial charge is 0.191 e. The maximum atomic E-state index is 13.9. The molecule has 1 saturated carbocycles. The number of guanidine groups is 1. The standard InChI is InChI=1S/C20H33FN4O.HI/c1-19(2)17(11-20(19,3)26-7)24-18(22-4)23-12-14-8-9-16(21)15(10-14)13-25(5)6;/h8-10,17H,11-13H2,1-7H3,(H2,22,23,24);1H. The molecule has 1 aliphatic carbocycles. The van der Waals surface area contributed by atoms with Crippen LogP contribution in [0, 0.1) is 11.2 Å². The first-order valence-electron chi connectivity index (χ1n) is 9.07. The highest BCUT2D eigenvalue weighted by atomic mass is 127. The van der Waals surface area contributed by atoms with Crippen LogP contribution in [0.1, 0.15) is 38.3 Å². The summed E-state index contributed by atoms with van der Waals surface area (Å²) in [6.45, 7) is 7.73. The Balaban J connectivity index is 0.00000364. The third-order valence-corrected chi connectivity index (χ3v) is 5.87. The molecule has 2 atom stereocenters. The number of ether oxygens (including phenoxy) is 1. The van der Waals surface area contributed by atoms with Crippen LogP contribution < -0.4 is 10.6 Å². The van der Waals surface area contributed by atoms with Crippen LogP contribution in [0.15, 0.2) is 23.2 Å². The normalized spacial score (nSPS) is 24.2. The molecule has 2 N–H and O–H groups in total. The average Bonchev–Trinajstić information content (AvgIpc) is 2.59. The second-order valence-electron chi connectivity index (χ2n) is 8.15. The summed E-state index contributed by atoms with van der Waals surface area (Å²) in [5.41, 5.74) is 1.62. The molecule has 0 saturated heterocycles. The monoisotopic (exact) mass is 492 g/mol. The molecule has 0 radical (unpaired) electrons. The van der Waals surface area contributed by atoms with Crippen molar-refractivity contribution in [2.24, 2.45) is 10.4 Å². The molecule has 1 aliphatic rings. The van der Waals surface area contributed by atoms with Gasteiger partial charge in [-0.1, -0.05) is 19.9 Å². The second kappa shape index (κ2) is 9.52. The first kappa shape index (κ1) is 24.1. The Kier molecular flexibility index (Phi) is 8.50. The maximum absolute atomic E-state index is 13.9. The lowest BCUT2D eigenvalue weighted by molar-refractivity contribution is -0.176. The quantitative estimate of drug-likeness (QED) is 0.363. The third-order valence-electron chi connectivity index (χ3n) is 5.87. The topological polar surface area (TPSA) is 48.9 Å². The summed E-state index contributed by atoms with van der Waals surface area (Å²) < 4.78 is 19.6. The third kappa shape index (κ3) is 5.32. The van der Waals surface area contributed by atoms with Crippen molar-refractivity contribution in [1.29, 1.82) is 0 Å². The van der Waals surface area contributed by atoms with Crippen molar-refractivity contribution in [3.63, 3.8) is 0 Å². The van der Waals surface area contributed by atoms with Gasteiger partial charge in [-0.2, -0.15) is 0 Å². The van der Waals surface area contributed by atoms with E-state index in [-0.39, 0.29) is 46.9 Å². The van der Waals surface area contributed by atoms with E-state index in [1.165, 1.54) is 6.07 Å². The average molecular weight is 492 g/mol. The van der Waals surface area contributed by atoms with Crippen LogP contribution in [0.2, 0.25) is 0 Å². The van der Waals surface area contributed by atoms with Gasteiger partial charge >= 0.3 is 0 Å². The van der Waals surface area contributed by atoms with Crippen LogP contribution in [0.4, 0.5) is 4.39 Å². The zero-order valence-electron chi connectivity index (χ0n) is 17.5. The Bertz CT molecular complexity index is 665. The van der Waals surface area contributed by atoms with Crippen molar-refractivity contribution >= 4 is 29.9 Å². The van der Waals surface area contributed by atoms with E-state index in [9.17, 15) is 4.39 Å². The van der Waals surface area contributed by atoms with E-state index < -0.39 is 0 Å². The molecule has 7 heteroatoms. The molecular weight excluding hydrogens is 458 g/mol. The van der Waals surface area contributed by atoms with E-state index in [0.717, 1.165) is 17.9 Å². The number of nitrogens with zero attached hydrogens (tertiary/aromatic N) is 2. The summed E-state index contributed by atoms with van der Waals surface area (Å²) in [5, 5.41) is 6.82. The number of hydrogen-bond donors (Lipinski definition) is 2. The van der Waals surface area contributed by atoms with E-state index in [1.54, 1.807) is 14.2 Å². The summed E-state index contributed by atoms with van der Waals surface area (Å²) in [5.74, 6) is 0.583. The van der Waals surface area contributed by atoms with Gasteiger partial charge in [0.15, 0.2) is 5.96 Å². The Labute approximate surface area is 180 Å². The van der Waals surface area contributed by atoms with Gasteiger partial charge in [-0.05, 0) is 45.1 Å². The van der Waals surface area contributed by atoms with Crippen molar-refractivity contribution < 1.29 is 9.13 Å². The van der Waals surface area contributed by atoms with E-state index in [2.05, 4.69) is 36.4 Å². The lowest BCUT2D eigenvalue weighted by Crippen LogP contribution is -2.69. The molecule has 5 nitrogen and oxygen atoms in total. The summed E-state index contributed by atoms with van der Waals surface area (Å²) in [6.07, 6.45) is 0.931. The van der Waals surface area contributed by atoms with Gasteiger partial charge in [-0.25, -0.2) is 4.39 Å². The molecule has 0 bridgehead atoms. The minimum Gasteiger partial charge on any atom is -0.378 e. The minimum atomic E-state index is -0.167. The van der Waals surface area contributed by atoms with Crippen LogP contribution in [0.3, 0.4) is 0 Å². The fourth-order valence-corrected chi connectivity index (χ4v) is 3.47. The number of rotatable bonds is 6. The molecule has 27 heavy (non-hydrogen) atoms. The van der Waals surface area contributed by atoms with E-state index in [0.29, 0.717) is 18.7 Å². The van der Waals surface area contributed by atoms with Gasteiger partial charge in [0, 0.05) is 44.3 Å². The first-order valence-corrected chi connectivity index (χ1v) is 9.07. The summed E-state index contributed by atoms with van der Waals surface area (Å²) in [4.78, 5) is 6.28. The van der Waals surface area contributed by atoms with Crippen molar-refractivity contribution in [3.05, 3.63) is 35.1 Å². The van der Waals surface area contributed by atoms with Gasteiger partial charge in [0.25, 0.3) is 0 Å². The van der Waals surface area contributed by atoms with Gasteiger partial charge in [-0.3, -0.25) is 4.99 Å². The second-order valence-corrected chi connectivity index (χ2v) is 8.15. The highest BCUT2D eigenvalue weighted by Gasteiger charge is 2.58. The SMILES string of the molecule is CN=C(NCc1ccc(F)c(CN(C)C)c1)NC1CC(C)(OC)C1(C)C.I. The first-order chi connectivity index (χ1) is 12.1. The van der Waals surface area contributed by atoms with Gasteiger partial charge < -0.3 is 20.3 Å². The molecule has 0 aliphatic heterocycles. The number of hydrogen-bond acceptors (Lipinski definition) is 3. The lowest BCUT2D eigenvalue weighted by atomic mass is 9.56. The molecular formula is C20H34FIN4O. The predicted molar refractivity (Wildman–Crippen MR) is 120 cm³/mol. The molecule has 0 aromatic heterocycles. The molecule has 0 amide bonds. The molecule has 1 aromatic carbocycles. The minimum absolute atomic E-state index is 0. The number of halogens is 2. The van der Waals surface area contributed by atoms with Gasteiger partial charge in [0.05, 0.1) is 5.60 Å². The van der Waals surface area contributed by atoms with Gasteiger partial charge in [-0.15, -0.1) is 24.0 Å². The van der Waals surface area contributed by atoms with Crippen LogP contribution in [0.25, 0.3) is 0 Å². The number of nitrogens with one attached hydrogen (secondary N) is 2. The zero-order valence-corrected chi connectivity index (χ0v) is 19.8. The van der Waals surface area contributed by atoms with Crippen LogP contribution in [0.5, 0.6) is 0 Å². The lowest BCUT2D eigenvalue weighted by Gasteiger charge is -2.59. The largest absolute Gasteiger partial charge is 0.378 e. The van der Waals surface area contributed by atoms with Gasteiger partial charge in [0.1, 0.15) is 5.82 Å². The molecule has 0 spiro atoms. The fourth-order valence-electron chi connectivity index (χ4n) is 3.47. The Hall–Kier alpha value is -0.930. The number of benzene rings is 1. The summed E-state index contributed by atoms with van der Waals surface area (Å²) in [6, 6.07) is 5.54. The zero-order chi connectivity index (χ0) is 19.5. The van der Waals surface area contributed by atoms with Crippen molar-refractivity contribution in [2.45, 2.75) is 51.9 Å². The van der Waals surface area contributed by atoms with Gasteiger partial charge in [0.2, 0.25) is 0 Å². The van der Waals surface area contributed by atoms with Crippen molar-refractivity contribution in [2.75, 3.05) is 28.3 Å². The van der Waals surface area contributed by atoms with Crippen molar-refractivity contribution in [1.82, 2.24) is 15.5 Å². The molecule has 0 heterocycles. The fraction of sp³-hybridized carbons (Fsp3) is 0.650. The van der Waals surface area contributed by atoms with Crippen LogP contribution >= 0.6 is 24.0 Å². The highest BCUT2D eigenvalue weighted by Crippen LogP contribution is 2.51. The van der Waals surface area contributed by atoms with E-state index in [1.807, 2.05) is 31.1 Å². The molecule has 154 valence electrons. The predicted octanol–water partition coefficient (Wildman–Crippen LogP) is 3.37. The number of methoxy groups -OCH3 is 1. The van der Waals surface area contributed by atoms with Crippen LogP contribution in [-0.2, 0) is 17.8 Å². The summed E-state index contributed by atoms with van der Waals surface area (Å²) >= 11 is 0. The molecule has 2 unspecified atom stereocenters. The summed E-state index contributed by atoms with van der Waals surface area (Å²) in [7, 11) is 7.40. The highest BCUT2D eigenvalue weighted by molar-refractivity contribution is 14.0. The Morgan fingerprint density at radius 1 is 1.33 bits per heavy atom. The maximum Gasteiger partial charge on any atom is 0.191 e. The Morgan fingerprint density at radius 2 is 2.00 bits per heavy atom. The van der Waals surface area contributed by atoms with E-state index in [4.69, 9.17) is 4.74 Å². The van der Waals surface area contributed by atoms with E-state index >= 15 is 0 Å².